The fraction of sp³-hybridized carbons (Fsp3) is 0.222. The molecule has 1 aliphatic heterocycles. The van der Waals surface area contributed by atoms with E-state index in [2.05, 4.69) is 32.2 Å². The molecule has 5 rings (SSSR count). The first kappa shape index (κ1) is 21.2. The van der Waals surface area contributed by atoms with Crippen LogP contribution in [0.3, 0.4) is 0 Å². The number of para-hydroxylation sites is 1. The largest absolute Gasteiger partial charge is 0.447 e. The summed E-state index contributed by atoms with van der Waals surface area (Å²) < 4.78 is 20.7. The molecule has 1 aromatic heterocycles. The van der Waals surface area contributed by atoms with E-state index in [1.807, 2.05) is 61.5 Å². The summed E-state index contributed by atoms with van der Waals surface area (Å²) in [5.41, 5.74) is 4.63. The lowest BCUT2D eigenvalue weighted by atomic mass is 10.0. The molecular weight excluding hydrogens is 415 g/mol. The second-order valence-corrected chi connectivity index (χ2v) is 8.31. The van der Waals surface area contributed by atoms with Crippen molar-refractivity contribution in [3.05, 3.63) is 108 Å². The van der Waals surface area contributed by atoms with Crippen molar-refractivity contribution in [1.82, 2.24) is 9.88 Å². The van der Waals surface area contributed by atoms with Gasteiger partial charge >= 0.3 is 0 Å². The maximum absolute atomic E-state index is 15.1. The van der Waals surface area contributed by atoms with Crippen LogP contribution >= 0.6 is 0 Å². The summed E-state index contributed by atoms with van der Waals surface area (Å²) in [7, 11) is 0. The monoisotopic (exact) mass is 442 g/mol. The SMILES string of the molecule is Cc1ccccc1Nc1ccc(N2CCN(C(c3ccccc3)c3ncco3)CC2)c(F)c1. The number of nitrogens with zero attached hydrogens (tertiary/aromatic N) is 3. The van der Waals surface area contributed by atoms with Gasteiger partial charge in [0.05, 0.1) is 11.9 Å². The lowest BCUT2D eigenvalue weighted by Gasteiger charge is -2.39. The summed E-state index contributed by atoms with van der Waals surface area (Å²) in [6.45, 7) is 5.06. The van der Waals surface area contributed by atoms with Crippen molar-refractivity contribution in [2.24, 2.45) is 0 Å². The van der Waals surface area contributed by atoms with E-state index in [-0.39, 0.29) is 11.9 Å². The molecule has 168 valence electrons. The van der Waals surface area contributed by atoms with Crippen LogP contribution in [0.25, 0.3) is 0 Å². The van der Waals surface area contributed by atoms with E-state index in [1.165, 1.54) is 0 Å². The molecule has 1 N–H and O–H groups in total. The number of aromatic nitrogens is 1. The third-order valence-corrected chi connectivity index (χ3v) is 6.19. The number of hydrogen-bond acceptors (Lipinski definition) is 5. The molecule has 6 heteroatoms. The Hall–Kier alpha value is -3.64. The maximum atomic E-state index is 15.1. The third-order valence-electron chi connectivity index (χ3n) is 6.19. The van der Waals surface area contributed by atoms with Crippen LogP contribution in [0.5, 0.6) is 0 Å². The van der Waals surface area contributed by atoms with Crippen LogP contribution < -0.4 is 10.2 Å². The van der Waals surface area contributed by atoms with Crippen LogP contribution in [0, 0.1) is 12.7 Å². The highest BCUT2D eigenvalue weighted by Gasteiger charge is 2.30. The number of halogens is 1. The number of benzene rings is 3. The normalized spacial score (nSPS) is 15.4. The topological polar surface area (TPSA) is 44.5 Å². The van der Waals surface area contributed by atoms with Crippen LogP contribution in [0.1, 0.15) is 23.1 Å². The Balaban J connectivity index is 1.29. The Kier molecular flexibility index (Phi) is 6.09. The average molecular weight is 443 g/mol. The Bertz CT molecular complexity index is 1190. The molecule has 0 aliphatic carbocycles. The smallest absolute Gasteiger partial charge is 0.215 e. The van der Waals surface area contributed by atoms with Gasteiger partial charge in [0, 0.05) is 37.6 Å². The van der Waals surface area contributed by atoms with Crippen molar-refractivity contribution in [1.29, 1.82) is 0 Å². The summed E-state index contributed by atoms with van der Waals surface area (Å²) in [6.07, 6.45) is 3.30. The van der Waals surface area contributed by atoms with Gasteiger partial charge in [-0.3, -0.25) is 4.90 Å². The zero-order valence-corrected chi connectivity index (χ0v) is 18.6. The van der Waals surface area contributed by atoms with Crippen molar-refractivity contribution < 1.29 is 8.81 Å². The first-order valence-corrected chi connectivity index (χ1v) is 11.2. The van der Waals surface area contributed by atoms with Gasteiger partial charge in [0.25, 0.3) is 0 Å². The van der Waals surface area contributed by atoms with E-state index in [9.17, 15) is 0 Å². The summed E-state index contributed by atoms with van der Waals surface area (Å²) in [6, 6.07) is 23.6. The number of rotatable bonds is 6. The fourth-order valence-electron chi connectivity index (χ4n) is 4.45. The molecule has 0 radical (unpaired) electrons. The van der Waals surface area contributed by atoms with Gasteiger partial charge in [-0.1, -0.05) is 48.5 Å². The summed E-state index contributed by atoms with van der Waals surface area (Å²) >= 11 is 0. The lowest BCUT2D eigenvalue weighted by Crippen LogP contribution is -2.48. The van der Waals surface area contributed by atoms with Gasteiger partial charge < -0.3 is 14.6 Å². The van der Waals surface area contributed by atoms with E-state index >= 15 is 4.39 Å². The average Bonchev–Trinajstić information content (AvgIpc) is 3.37. The van der Waals surface area contributed by atoms with E-state index in [1.54, 1.807) is 18.5 Å². The van der Waals surface area contributed by atoms with E-state index in [0.717, 1.165) is 48.7 Å². The minimum absolute atomic E-state index is 0.0473. The molecule has 1 unspecified atom stereocenters. The summed E-state index contributed by atoms with van der Waals surface area (Å²) in [5, 5.41) is 3.31. The molecule has 2 heterocycles. The highest BCUT2D eigenvalue weighted by atomic mass is 19.1. The molecule has 0 saturated carbocycles. The number of hydrogen-bond donors (Lipinski definition) is 1. The second kappa shape index (κ2) is 9.46. The molecule has 33 heavy (non-hydrogen) atoms. The minimum Gasteiger partial charge on any atom is -0.447 e. The van der Waals surface area contributed by atoms with E-state index < -0.39 is 0 Å². The zero-order valence-electron chi connectivity index (χ0n) is 18.6. The first-order valence-electron chi connectivity index (χ1n) is 11.2. The van der Waals surface area contributed by atoms with Gasteiger partial charge in [-0.05, 0) is 42.3 Å². The molecule has 0 spiro atoms. The van der Waals surface area contributed by atoms with Gasteiger partial charge in [0.1, 0.15) is 18.1 Å². The minimum atomic E-state index is -0.214. The van der Waals surface area contributed by atoms with Crippen LogP contribution in [0.15, 0.2) is 89.7 Å². The molecule has 0 bridgehead atoms. The summed E-state index contributed by atoms with van der Waals surface area (Å²) in [5.74, 6) is 0.474. The maximum Gasteiger partial charge on any atom is 0.215 e. The molecular formula is C27H27FN4O. The third kappa shape index (κ3) is 4.61. The van der Waals surface area contributed by atoms with Crippen LogP contribution in [0.2, 0.25) is 0 Å². The Morgan fingerprint density at radius 3 is 2.39 bits per heavy atom. The highest BCUT2D eigenvalue weighted by molar-refractivity contribution is 5.65. The molecule has 4 aromatic rings. The molecule has 0 amide bonds. The van der Waals surface area contributed by atoms with E-state index in [4.69, 9.17) is 4.42 Å². The number of oxazole rings is 1. The van der Waals surface area contributed by atoms with Crippen molar-refractivity contribution >= 4 is 17.1 Å². The Morgan fingerprint density at radius 1 is 0.939 bits per heavy atom. The van der Waals surface area contributed by atoms with Gasteiger partial charge in [0.15, 0.2) is 0 Å². The lowest BCUT2D eigenvalue weighted by molar-refractivity contribution is 0.187. The summed E-state index contributed by atoms with van der Waals surface area (Å²) in [4.78, 5) is 8.88. The number of piperazine rings is 1. The van der Waals surface area contributed by atoms with Crippen molar-refractivity contribution in [3.8, 4) is 0 Å². The van der Waals surface area contributed by atoms with E-state index in [0.29, 0.717) is 11.6 Å². The molecule has 1 saturated heterocycles. The second-order valence-electron chi connectivity index (χ2n) is 8.31. The number of anilines is 3. The molecule has 1 fully saturated rings. The van der Waals surface area contributed by atoms with Crippen LogP contribution in [-0.4, -0.2) is 36.1 Å². The number of nitrogens with one attached hydrogen (secondary N) is 1. The quantitative estimate of drug-likeness (QED) is 0.410. The van der Waals surface area contributed by atoms with Crippen molar-refractivity contribution in [3.63, 3.8) is 0 Å². The molecule has 1 atom stereocenters. The van der Waals surface area contributed by atoms with Crippen LogP contribution in [0.4, 0.5) is 21.5 Å². The van der Waals surface area contributed by atoms with Gasteiger partial charge in [0.2, 0.25) is 5.89 Å². The van der Waals surface area contributed by atoms with Crippen molar-refractivity contribution in [2.75, 3.05) is 36.4 Å². The standard InChI is InChI=1S/C27H27FN4O/c1-20-7-5-6-10-24(20)30-22-11-12-25(23(28)19-22)31-14-16-32(17-15-31)26(27-29-13-18-33-27)21-8-3-2-4-9-21/h2-13,18-19,26,30H,14-17H2,1H3. The Labute approximate surface area is 193 Å². The van der Waals surface area contributed by atoms with Gasteiger partial charge in [-0.2, -0.15) is 0 Å². The predicted molar refractivity (Wildman–Crippen MR) is 129 cm³/mol. The van der Waals surface area contributed by atoms with Crippen molar-refractivity contribution in [2.45, 2.75) is 13.0 Å². The molecule has 1 aliphatic rings. The number of aryl methyl sites for hydroxylation is 1. The Morgan fingerprint density at radius 2 is 1.70 bits per heavy atom. The zero-order chi connectivity index (χ0) is 22.6. The van der Waals surface area contributed by atoms with Gasteiger partial charge in [-0.15, -0.1) is 0 Å². The predicted octanol–water partition coefficient (Wildman–Crippen LogP) is 5.78. The first-order chi connectivity index (χ1) is 16.2. The molecule has 5 nitrogen and oxygen atoms in total. The fourth-order valence-corrected chi connectivity index (χ4v) is 4.45. The highest BCUT2D eigenvalue weighted by Crippen LogP contribution is 2.31. The van der Waals surface area contributed by atoms with Crippen LogP contribution in [-0.2, 0) is 0 Å². The van der Waals surface area contributed by atoms with Gasteiger partial charge in [-0.25, -0.2) is 9.37 Å². The molecule has 3 aromatic carbocycles.